The second-order valence-corrected chi connectivity index (χ2v) is 12.8. The van der Waals surface area contributed by atoms with E-state index in [1.807, 2.05) is 12.3 Å². The van der Waals surface area contributed by atoms with E-state index in [-0.39, 0.29) is 0 Å². The van der Waals surface area contributed by atoms with E-state index in [2.05, 4.69) is 175 Å². The SMILES string of the molecule is c1ccc(-c2nc3c(N(c4ccccc4)c4ccccc4)cccc3c3c2ccc2cccc(-c4ccc5ccc6cccnc6c5n4)c23)cc1. The summed E-state index contributed by atoms with van der Waals surface area (Å²) in [5.41, 5.74) is 9.91. The zero-order chi connectivity index (χ0) is 33.7. The van der Waals surface area contributed by atoms with Gasteiger partial charge in [0.05, 0.1) is 33.6 Å². The van der Waals surface area contributed by atoms with Gasteiger partial charge in [0.2, 0.25) is 0 Å². The van der Waals surface area contributed by atoms with Crippen LogP contribution in [0.15, 0.2) is 182 Å². The fourth-order valence-electron chi connectivity index (χ4n) is 7.54. The normalized spacial score (nSPS) is 11.5. The highest BCUT2D eigenvalue weighted by Crippen LogP contribution is 2.45. The van der Waals surface area contributed by atoms with Crippen LogP contribution >= 0.6 is 0 Å². The Labute approximate surface area is 294 Å². The predicted molar refractivity (Wildman–Crippen MR) is 213 cm³/mol. The Morgan fingerprint density at radius 3 is 1.80 bits per heavy atom. The monoisotopic (exact) mass is 650 g/mol. The van der Waals surface area contributed by atoms with Crippen molar-refractivity contribution in [3.05, 3.63) is 182 Å². The quantitative estimate of drug-likeness (QED) is 0.174. The molecular formula is C47H30N4. The van der Waals surface area contributed by atoms with Crippen LogP contribution in [0.3, 0.4) is 0 Å². The molecule has 3 aromatic heterocycles. The van der Waals surface area contributed by atoms with Gasteiger partial charge in [0.25, 0.3) is 0 Å². The Balaban J connectivity index is 1.34. The number of nitrogens with zero attached hydrogens (tertiary/aromatic N) is 4. The first-order valence-electron chi connectivity index (χ1n) is 17.2. The first kappa shape index (κ1) is 29.0. The minimum Gasteiger partial charge on any atom is -0.308 e. The number of benzene rings is 7. The van der Waals surface area contributed by atoms with Gasteiger partial charge in [-0.05, 0) is 53.2 Å². The van der Waals surface area contributed by atoms with Crippen LogP contribution in [-0.4, -0.2) is 15.0 Å². The van der Waals surface area contributed by atoms with Crippen LogP contribution in [0.2, 0.25) is 0 Å². The molecule has 51 heavy (non-hydrogen) atoms. The molecule has 0 aliphatic heterocycles. The Bertz CT molecular complexity index is 2870. The van der Waals surface area contributed by atoms with Crippen LogP contribution in [0.25, 0.3) is 76.8 Å². The van der Waals surface area contributed by atoms with Gasteiger partial charge in [0.15, 0.2) is 0 Å². The highest BCUT2D eigenvalue weighted by Gasteiger charge is 2.21. The maximum atomic E-state index is 5.56. The van der Waals surface area contributed by atoms with Crippen LogP contribution in [0.4, 0.5) is 17.1 Å². The molecular weight excluding hydrogens is 621 g/mol. The molecule has 7 aromatic carbocycles. The molecule has 0 saturated heterocycles. The van der Waals surface area contributed by atoms with Gasteiger partial charge < -0.3 is 4.90 Å². The predicted octanol–water partition coefficient (Wildman–Crippen LogP) is 12.4. The topological polar surface area (TPSA) is 41.9 Å². The molecule has 0 unspecified atom stereocenters. The van der Waals surface area contributed by atoms with Crippen molar-refractivity contribution in [2.24, 2.45) is 0 Å². The lowest BCUT2D eigenvalue weighted by Gasteiger charge is -2.27. The minimum absolute atomic E-state index is 0.906. The van der Waals surface area contributed by atoms with E-state index in [1.54, 1.807) is 0 Å². The molecule has 0 saturated carbocycles. The van der Waals surface area contributed by atoms with Crippen molar-refractivity contribution in [3.63, 3.8) is 0 Å². The van der Waals surface area contributed by atoms with Gasteiger partial charge in [0.1, 0.15) is 0 Å². The van der Waals surface area contributed by atoms with Crippen molar-refractivity contribution < 1.29 is 0 Å². The number of rotatable bonds is 5. The molecule has 0 N–H and O–H groups in total. The first-order chi connectivity index (χ1) is 25.3. The fraction of sp³-hybridized carbons (Fsp3) is 0. The van der Waals surface area contributed by atoms with Gasteiger partial charge in [-0.15, -0.1) is 0 Å². The number of hydrogen-bond donors (Lipinski definition) is 0. The molecule has 4 nitrogen and oxygen atoms in total. The minimum atomic E-state index is 0.906. The summed E-state index contributed by atoms with van der Waals surface area (Å²) in [4.78, 5) is 17.9. The average molecular weight is 651 g/mol. The molecule has 0 atom stereocenters. The summed E-state index contributed by atoms with van der Waals surface area (Å²) in [6.45, 7) is 0. The molecule has 3 heterocycles. The molecule has 0 aliphatic carbocycles. The van der Waals surface area contributed by atoms with Gasteiger partial charge in [0, 0.05) is 55.6 Å². The largest absolute Gasteiger partial charge is 0.308 e. The Morgan fingerprint density at radius 2 is 1.04 bits per heavy atom. The molecule has 4 heteroatoms. The standard InChI is InChI=1S/C47H30N4/c1-4-13-32(14-5-1)44-39-28-26-31-15-10-21-37(40-29-27-34-25-24-33-16-12-30-48-45(33)46(34)49-40)42(31)43(39)38-22-11-23-41(47(38)50-44)51(35-17-6-2-7-18-35)36-19-8-3-9-20-36/h1-30H. The summed E-state index contributed by atoms with van der Waals surface area (Å²) < 4.78 is 0. The fourth-order valence-corrected chi connectivity index (χ4v) is 7.54. The molecule has 0 fully saturated rings. The molecule has 10 aromatic rings. The number of pyridine rings is 3. The summed E-state index contributed by atoms with van der Waals surface area (Å²) in [5, 5.41) is 7.81. The van der Waals surface area contributed by atoms with Crippen molar-refractivity contribution in [1.82, 2.24) is 15.0 Å². The van der Waals surface area contributed by atoms with E-state index in [1.165, 1.54) is 0 Å². The number of aromatic nitrogens is 3. The van der Waals surface area contributed by atoms with E-state index in [0.717, 1.165) is 93.8 Å². The maximum Gasteiger partial charge on any atom is 0.0972 e. The summed E-state index contributed by atoms with van der Waals surface area (Å²) in [6.07, 6.45) is 1.84. The van der Waals surface area contributed by atoms with Crippen LogP contribution in [-0.2, 0) is 0 Å². The van der Waals surface area contributed by atoms with E-state index in [9.17, 15) is 0 Å². The highest BCUT2D eigenvalue weighted by molar-refractivity contribution is 6.27. The van der Waals surface area contributed by atoms with Gasteiger partial charge >= 0.3 is 0 Å². The number of para-hydroxylation sites is 3. The van der Waals surface area contributed by atoms with Crippen molar-refractivity contribution >= 4 is 71.3 Å². The molecule has 0 aliphatic rings. The van der Waals surface area contributed by atoms with Crippen molar-refractivity contribution in [2.75, 3.05) is 4.90 Å². The maximum absolute atomic E-state index is 5.56. The third-order valence-corrected chi connectivity index (χ3v) is 9.83. The molecule has 10 rings (SSSR count). The molecule has 0 bridgehead atoms. The molecule has 0 spiro atoms. The lowest BCUT2D eigenvalue weighted by atomic mass is 9.91. The van der Waals surface area contributed by atoms with Crippen molar-refractivity contribution in [2.45, 2.75) is 0 Å². The zero-order valence-electron chi connectivity index (χ0n) is 27.6. The van der Waals surface area contributed by atoms with Gasteiger partial charge in [-0.1, -0.05) is 133 Å². The van der Waals surface area contributed by atoms with Crippen molar-refractivity contribution in [1.29, 1.82) is 0 Å². The average Bonchev–Trinajstić information content (AvgIpc) is 3.21. The summed E-state index contributed by atoms with van der Waals surface area (Å²) >= 11 is 0. The Morgan fingerprint density at radius 1 is 0.392 bits per heavy atom. The van der Waals surface area contributed by atoms with Gasteiger partial charge in [-0.3, -0.25) is 4.98 Å². The third kappa shape index (κ3) is 4.80. The van der Waals surface area contributed by atoms with E-state index >= 15 is 0 Å². The zero-order valence-corrected chi connectivity index (χ0v) is 27.6. The van der Waals surface area contributed by atoms with Gasteiger partial charge in [-0.2, -0.15) is 0 Å². The number of fused-ring (bicyclic) bond motifs is 8. The smallest absolute Gasteiger partial charge is 0.0972 e. The Kier molecular flexibility index (Phi) is 6.78. The lowest BCUT2D eigenvalue weighted by Crippen LogP contribution is -2.11. The molecule has 0 amide bonds. The second-order valence-electron chi connectivity index (χ2n) is 12.8. The third-order valence-electron chi connectivity index (χ3n) is 9.83. The van der Waals surface area contributed by atoms with Crippen LogP contribution in [0, 0.1) is 0 Å². The van der Waals surface area contributed by atoms with E-state index in [4.69, 9.17) is 15.0 Å². The van der Waals surface area contributed by atoms with E-state index < -0.39 is 0 Å². The Hall–Kier alpha value is -6.91. The molecule has 238 valence electrons. The van der Waals surface area contributed by atoms with Crippen molar-refractivity contribution in [3.8, 4) is 22.5 Å². The number of hydrogen-bond acceptors (Lipinski definition) is 4. The van der Waals surface area contributed by atoms with Crippen LogP contribution in [0.5, 0.6) is 0 Å². The summed E-state index contributed by atoms with van der Waals surface area (Å²) in [5.74, 6) is 0. The van der Waals surface area contributed by atoms with Crippen LogP contribution in [0.1, 0.15) is 0 Å². The van der Waals surface area contributed by atoms with Crippen LogP contribution < -0.4 is 4.90 Å². The molecule has 0 radical (unpaired) electrons. The number of anilines is 3. The lowest BCUT2D eigenvalue weighted by molar-refractivity contribution is 1.28. The first-order valence-corrected chi connectivity index (χ1v) is 17.2. The second kappa shape index (κ2) is 11.9. The summed E-state index contributed by atoms with van der Waals surface area (Å²) in [6, 6.07) is 61.8. The summed E-state index contributed by atoms with van der Waals surface area (Å²) in [7, 11) is 0. The van der Waals surface area contributed by atoms with E-state index in [0.29, 0.717) is 0 Å². The van der Waals surface area contributed by atoms with Gasteiger partial charge in [-0.25, -0.2) is 9.97 Å². The highest BCUT2D eigenvalue weighted by atomic mass is 15.1.